The Hall–Kier alpha value is -4.14. The van der Waals surface area contributed by atoms with Crippen LogP contribution in [0.5, 0.6) is 11.8 Å². The van der Waals surface area contributed by atoms with Crippen molar-refractivity contribution in [1.82, 2.24) is 19.9 Å². The molecule has 4 aromatic rings. The van der Waals surface area contributed by atoms with E-state index in [1.165, 1.54) is 24.3 Å². The quantitative estimate of drug-likeness (QED) is 0.267. The summed E-state index contributed by atoms with van der Waals surface area (Å²) in [5, 5.41) is 22.8. The molecular formula is C35H36F3N5O3. The molecule has 0 amide bonds. The van der Waals surface area contributed by atoms with Crippen LogP contribution < -0.4 is 9.64 Å². The van der Waals surface area contributed by atoms with Crippen LogP contribution in [0, 0.1) is 30.4 Å². The Kier molecular flexibility index (Phi) is 7.48. The van der Waals surface area contributed by atoms with Gasteiger partial charge in [0, 0.05) is 31.6 Å². The van der Waals surface area contributed by atoms with Crippen molar-refractivity contribution in [3.05, 3.63) is 47.2 Å². The monoisotopic (exact) mass is 631 g/mol. The molecule has 0 spiro atoms. The number of β-amino-alcohol motifs (C(OH)–C–C–N with tert-alkyl or cyclic N) is 1. The fourth-order valence-corrected chi connectivity index (χ4v) is 7.66. The summed E-state index contributed by atoms with van der Waals surface area (Å²) in [5.74, 6) is 4.74. The molecule has 0 saturated carbocycles. The average Bonchev–Trinajstić information content (AvgIpc) is 3.54. The highest BCUT2D eigenvalue weighted by Gasteiger charge is 2.49. The molecule has 8 nitrogen and oxygen atoms in total. The van der Waals surface area contributed by atoms with E-state index in [0.717, 1.165) is 19.4 Å². The van der Waals surface area contributed by atoms with Crippen molar-refractivity contribution >= 4 is 27.5 Å². The second kappa shape index (κ2) is 11.3. The molecule has 11 heteroatoms. The van der Waals surface area contributed by atoms with Gasteiger partial charge in [-0.15, -0.1) is 0 Å². The van der Waals surface area contributed by atoms with Gasteiger partial charge in [-0.1, -0.05) is 12.0 Å². The summed E-state index contributed by atoms with van der Waals surface area (Å²) in [7, 11) is 0. The largest absolute Gasteiger partial charge is 0.508 e. The minimum atomic E-state index is -1.01. The first kappa shape index (κ1) is 30.5. The van der Waals surface area contributed by atoms with Crippen LogP contribution in [-0.2, 0) is 0 Å². The molecule has 2 aromatic carbocycles. The van der Waals surface area contributed by atoms with Crippen LogP contribution in [0.2, 0.25) is 0 Å². The molecule has 2 aromatic heterocycles. The van der Waals surface area contributed by atoms with Gasteiger partial charge in [-0.05, 0) is 93.5 Å². The number of fused-ring (bicyclic) bond motifs is 3. The van der Waals surface area contributed by atoms with Gasteiger partial charge in [0.2, 0.25) is 0 Å². The Bertz CT molecular complexity index is 1940. The maximum Gasteiger partial charge on any atom is 0.319 e. The third-order valence-electron chi connectivity index (χ3n) is 9.75. The van der Waals surface area contributed by atoms with Crippen molar-refractivity contribution in [3.8, 4) is 34.9 Å². The maximum absolute atomic E-state index is 17.0. The minimum Gasteiger partial charge on any atom is -0.508 e. The highest BCUT2D eigenvalue weighted by atomic mass is 19.1. The van der Waals surface area contributed by atoms with Crippen LogP contribution >= 0.6 is 0 Å². The lowest BCUT2D eigenvalue weighted by atomic mass is 9.94. The van der Waals surface area contributed by atoms with Gasteiger partial charge < -0.3 is 19.8 Å². The average molecular weight is 632 g/mol. The number of aromatic hydroxyl groups is 1. The van der Waals surface area contributed by atoms with Crippen LogP contribution in [0.4, 0.5) is 19.0 Å². The SMILES string of the molecule is CC#Cc1nc(-c2cc(O)cc3ccc(F)c(C)c23)c(F)c2nc(OC[C@@]34CCCN3C[C@H](F)C4)nc(N3CCC[C@@](C)(O)C3)c12. The molecule has 3 fully saturated rings. The maximum atomic E-state index is 17.0. The first-order valence-electron chi connectivity index (χ1n) is 15.7. The number of piperidine rings is 1. The zero-order chi connectivity index (χ0) is 32.4. The number of halogens is 3. The van der Waals surface area contributed by atoms with Crippen molar-refractivity contribution in [3.63, 3.8) is 0 Å². The number of pyridine rings is 1. The molecule has 5 heterocycles. The van der Waals surface area contributed by atoms with Gasteiger partial charge in [-0.3, -0.25) is 4.90 Å². The number of benzene rings is 2. The Labute approximate surface area is 265 Å². The summed E-state index contributed by atoms with van der Waals surface area (Å²) in [6.45, 7) is 7.05. The summed E-state index contributed by atoms with van der Waals surface area (Å²) in [6.07, 6.45) is 2.39. The lowest BCUT2D eigenvalue weighted by molar-refractivity contribution is 0.0447. The number of aryl methyl sites for hydroxylation is 1. The van der Waals surface area contributed by atoms with E-state index in [-0.39, 0.29) is 58.3 Å². The van der Waals surface area contributed by atoms with Crippen molar-refractivity contribution in [2.45, 2.75) is 70.2 Å². The number of aliphatic hydroxyl groups is 1. The molecule has 7 rings (SSSR count). The third kappa shape index (κ3) is 5.17. The summed E-state index contributed by atoms with van der Waals surface area (Å²) in [4.78, 5) is 18.0. The normalized spacial score (nSPS) is 24.8. The Balaban J connectivity index is 1.45. The van der Waals surface area contributed by atoms with E-state index in [1.54, 1.807) is 20.8 Å². The van der Waals surface area contributed by atoms with Crippen LogP contribution in [0.15, 0.2) is 24.3 Å². The molecule has 0 bridgehead atoms. The van der Waals surface area contributed by atoms with Crippen LogP contribution in [0.3, 0.4) is 0 Å². The first-order chi connectivity index (χ1) is 22.0. The second-order valence-corrected chi connectivity index (χ2v) is 13.2. The number of phenolic OH excluding ortho intramolecular Hbond substituents is 1. The number of hydrogen-bond donors (Lipinski definition) is 2. The molecular weight excluding hydrogens is 595 g/mol. The Morgan fingerprint density at radius 3 is 2.67 bits per heavy atom. The van der Waals surface area contributed by atoms with Crippen LogP contribution in [-0.4, -0.2) is 80.2 Å². The van der Waals surface area contributed by atoms with Gasteiger partial charge in [-0.2, -0.15) is 9.97 Å². The number of aromatic nitrogens is 3. The highest BCUT2D eigenvalue weighted by Crippen LogP contribution is 2.42. The standard InChI is InChI=1S/C35H36F3N5O3/c1-4-7-26-28-31(29(38)30(39-26)24-15-23(44)14-21-8-9-25(37)20(2)27(21)24)40-33(41-32(28)42-12-5-10-34(3,45)18-42)46-19-35-11-6-13-43(35)17-22(36)16-35/h8-9,14-15,22,44-45H,5-6,10-13,16-19H2,1-3H3/t22-,34-,35+/m1/s1. The van der Waals surface area contributed by atoms with Gasteiger partial charge in [0.25, 0.3) is 0 Å². The van der Waals surface area contributed by atoms with E-state index >= 15 is 4.39 Å². The summed E-state index contributed by atoms with van der Waals surface area (Å²) < 4.78 is 52.5. The topological polar surface area (TPSA) is 94.8 Å². The number of rotatable bonds is 5. The molecule has 3 saturated heterocycles. The third-order valence-corrected chi connectivity index (χ3v) is 9.75. The lowest BCUT2D eigenvalue weighted by Gasteiger charge is -2.38. The Morgan fingerprint density at radius 2 is 1.89 bits per heavy atom. The van der Waals surface area contributed by atoms with E-state index < -0.39 is 28.9 Å². The summed E-state index contributed by atoms with van der Waals surface area (Å²) in [5.41, 5.74) is -1.08. The molecule has 0 aliphatic carbocycles. The zero-order valence-electron chi connectivity index (χ0n) is 26.1. The van der Waals surface area contributed by atoms with Crippen molar-refractivity contribution < 1.29 is 28.1 Å². The number of nitrogens with zero attached hydrogens (tertiary/aromatic N) is 5. The van der Waals surface area contributed by atoms with E-state index in [1.807, 2.05) is 4.90 Å². The number of anilines is 1. The number of alkyl halides is 1. The van der Waals surface area contributed by atoms with E-state index in [0.29, 0.717) is 48.9 Å². The molecule has 2 N–H and O–H groups in total. The number of ether oxygens (including phenoxy) is 1. The molecule has 3 atom stereocenters. The van der Waals surface area contributed by atoms with Gasteiger partial charge in [0.05, 0.1) is 16.5 Å². The lowest BCUT2D eigenvalue weighted by Crippen LogP contribution is -2.46. The van der Waals surface area contributed by atoms with Crippen molar-refractivity contribution in [1.29, 1.82) is 0 Å². The zero-order valence-corrected chi connectivity index (χ0v) is 26.1. The van der Waals surface area contributed by atoms with E-state index in [9.17, 15) is 19.0 Å². The minimum absolute atomic E-state index is 0.0781. The van der Waals surface area contributed by atoms with E-state index in [2.05, 4.69) is 26.7 Å². The molecule has 3 aliphatic heterocycles. The second-order valence-electron chi connectivity index (χ2n) is 13.2. The summed E-state index contributed by atoms with van der Waals surface area (Å²) >= 11 is 0. The van der Waals surface area contributed by atoms with Crippen LogP contribution in [0.1, 0.15) is 57.2 Å². The van der Waals surface area contributed by atoms with Gasteiger partial charge in [0.1, 0.15) is 47.1 Å². The molecule has 0 unspecified atom stereocenters. The predicted molar refractivity (Wildman–Crippen MR) is 170 cm³/mol. The van der Waals surface area contributed by atoms with Gasteiger partial charge >= 0.3 is 6.01 Å². The van der Waals surface area contributed by atoms with E-state index in [4.69, 9.17) is 9.72 Å². The molecule has 3 aliphatic rings. The predicted octanol–water partition coefficient (Wildman–Crippen LogP) is 5.82. The fraction of sp³-hybridized carbons (Fsp3) is 0.457. The van der Waals surface area contributed by atoms with Crippen LogP contribution in [0.25, 0.3) is 32.9 Å². The van der Waals surface area contributed by atoms with Crippen molar-refractivity contribution in [2.75, 3.05) is 37.7 Å². The number of phenols is 1. The molecule has 240 valence electrons. The molecule has 0 radical (unpaired) electrons. The Morgan fingerprint density at radius 1 is 1.09 bits per heavy atom. The number of hydrogen-bond acceptors (Lipinski definition) is 8. The summed E-state index contributed by atoms with van der Waals surface area (Å²) in [6, 6.07) is 5.60. The van der Waals surface area contributed by atoms with Gasteiger partial charge in [-0.25, -0.2) is 18.2 Å². The first-order valence-corrected chi connectivity index (χ1v) is 15.7. The smallest absolute Gasteiger partial charge is 0.319 e. The highest BCUT2D eigenvalue weighted by molar-refractivity contribution is 6.03. The fourth-order valence-electron chi connectivity index (χ4n) is 7.66. The van der Waals surface area contributed by atoms with Crippen molar-refractivity contribution in [2.24, 2.45) is 0 Å². The molecule has 46 heavy (non-hydrogen) atoms. The van der Waals surface area contributed by atoms with Gasteiger partial charge in [0.15, 0.2) is 5.82 Å².